The summed E-state index contributed by atoms with van der Waals surface area (Å²) in [6.45, 7) is 0. The minimum absolute atomic E-state index is 0.115. The van der Waals surface area contributed by atoms with Gasteiger partial charge in [-0.25, -0.2) is 0 Å². The zero-order valence-electron chi connectivity index (χ0n) is 11.6. The summed E-state index contributed by atoms with van der Waals surface area (Å²) in [4.78, 5) is 24.2. The molecule has 3 heteroatoms. The van der Waals surface area contributed by atoms with Crippen LogP contribution in [-0.2, 0) is 14.3 Å². The van der Waals surface area contributed by atoms with Crippen molar-refractivity contribution in [3.8, 4) is 0 Å². The monoisotopic (exact) mass is 264 g/mol. The molecule has 1 saturated heterocycles. The first-order valence-electron chi connectivity index (χ1n) is 8.03. The van der Waals surface area contributed by atoms with Crippen LogP contribution in [-0.4, -0.2) is 11.9 Å². The van der Waals surface area contributed by atoms with Crippen molar-refractivity contribution in [1.82, 2.24) is 0 Å². The van der Waals surface area contributed by atoms with Crippen LogP contribution in [0.3, 0.4) is 0 Å². The molecule has 2 saturated carbocycles. The van der Waals surface area contributed by atoms with E-state index in [0.717, 1.165) is 25.7 Å². The first kappa shape index (κ1) is 13.1. The van der Waals surface area contributed by atoms with Crippen molar-refractivity contribution in [3.63, 3.8) is 0 Å². The number of carbonyl (C=O) groups excluding carboxylic acids is 2. The van der Waals surface area contributed by atoms with E-state index in [9.17, 15) is 9.59 Å². The Kier molecular flexibility index (Phi) is 3.90. The molecule has 1 heterocycles. The van der Waals surface area contributed by atoms with Crippen molar-refractivity contribution in [3.05, 3.63) is 0 Å². The van der Waals surface area contributed by atoms with Crippen LogP contribution in [0, 0.1) is 23.7 Å². The molecule has 0 aromatic carbocycles. The van der Waals surface area contributed by atoms with Crippen molar-refractivity contribution in [2.75, 3.05) is 0 Å². The quantitative estimate of drug-likeness (QED) is 0.566. The lowest BCUT2D eigenvalue weighted by Gasteiger charge is -2.32. The van der Waals surface area contributed by atoms with Gasteiger partial charge in [0.25, 0.3) is 0 Å². The van der Waals surface area contributed by atoms with E-state index in [0.29, 0.717) is 11.8 Å². The summed E-state index contributed by atoms with van der Waals surface area (Å²) < 4.78 is 5.02. The third kappa shape index (κ3) is 2.56. The Hall–Kier alpha value is -0.860. The summed E-state index contributed by atoms with van der Waals surface area (Å²) in [5.41, 5.74) is 0. The molecule has 0 aromatic rings. The third-order valence-corrected chi connectivity index (χ3v) is 5.45. The molecule has 0 N–H and O–H groups in total. The van der Waals surface area contributed by atoms with Gasteiger partial charge in [-0.15, -0.1) is 0 Å². The number of hydrogen-bond acceptors (Lipinski definition) is 3. The number of rotatable bonds is 2. The molecule has 2 atom stereocenters. The molecule has 0 radical (unpaired) electrons. The summed E-state index contributed by atoms with van der Waals surface area (Å²) in [6, 6.07) is 0. The van der Waals surface area contributed by atoms with Gasteiger partial charge in [0.2, 0.25) is 0 Å². The molecular formula is C16H24O3. The van der Waals surface area contributed by atoms with Gasteiger partial charge < -0.3 is 4.74 Å². The smallest absolute Gasteiger partial charge is 0.317 e. The van der Waals surface area contributed by atoms with Gasteiger partial charge in [0.15, 0.2) is 0 Å². The zero-order valence-corrected chi connectivity index (χ0v) is 11.6. The standard InChI is InChI=1S/C16H24O3/c17-15-13(11-7-3-1-4-8-11)14(16(18)19-15)12-9-5-2-6-10-12/h11-14H,1-10H2. The highest BCUT2D eigenvalue weighted by Gasteiger charge is 2.51. The first-order valence-corrected chi connectivity index (χ1v) is 8.03. The maximum atomic E-state index is 12.1. The topological polar surface area (TPSA) is 43.4 Å². The van der Waals surface area contributed by atoms with Crippen LogP contribution in [0.4, 0.5) is 0 Å². The van der Waals surface area contributed by atoms with Gasteiger partial charge in [-0.3, -0.25) is 9.59 Å². The Bertz CT molecular complexity index is 317. The summed E-state index contributed by atoms with van der Waals surface area (Å²) in [5, 5.41) is 0. The first-order chi connectivity index (χ1) is 9.27. The Morgan fingerprint density at radius 2 is 1.00 bits per heavy atom. The van der Waals surface area contributed by atoms with Crippen LogP contribution in [0.2, 0.25) is 0 Å². The van der Waals surface area contributed by atoms with Gasteiger partial charge in [-0.2, -0.15) is 0 Å². The van der Waals surface area contributed by atoms with Crippen molar-refractivity contribution in [1.29, 1.82) is 0 Å². The van der Waals surface area contributed by atoms with Crippen LogP contribution in [0.5, 0.6) is 0 Å². The number of ether oxygens (including phenoxy) is 1. The second-order valence-corrected chi connectivity index (χ2v) is 6.59. The predicted octanol–water partition coefficient (Wildman–Crippen LogP) is 3.46. The molecule has 1 aliphatic heterocycles. The minimum Gasteiger partial charge on any atom is -0.393 e. The van der Waals surface area contributed by atoms with Crippen molar-refractivity contribution in [2.24, 2.45) is 23.7 Å². The highest BCUT2D eigenvalue weighted by molar-refractivity contribution is 5.96. The molecule has 19 heavy (non-hydrogen) atoms. The Labute approximate surface area is 115 Å². The Morgan fingerprint density at radius 1 is 0.632 bits per heavy atom. The molecule has 3 rings (SSSR count). The number of cyclic esters (lactones) is 2. The lowest BCUT2D eigenvalue weighted by Crippen LogP contribution is -2.33. The molecule has 106 valence electrons. The molecule has 2 unspecified atom stereocenters. The van der Waals surface area contributed by atoms with E-state index in [1.165, 1.54) is 38.5 Å². The zero-order chi connectivity index (χ0) is 13.2. The normalized spacial score (nSPS) is 34.5. The Balaban J connectivity index is 1.77. The lowest BCUT2D eigenvalue weighted by atomic mass is 9.68. The predicted molar refractivity (Wildman–Crippen MR) is 71.2 cm³/mol. The maximum absolute atomic E-state index is 12.1. The van der Waals surface area contributed by atoms with Gasteiger partial charge >= 0.3 is 11.9 Å². The highest BCUT2D eigenvalue weighted by atomic mass is 16.6. The summed E-state index contributed by atoms with van der Waals surface area (Å²) >= 11 is 0. The largest absolute Gasteiger partial charge is 0.393 e. The minimum atomic E-state index is -0.215. The number of hydrogen-bond donors (Lipinski definition) is 0. The van der Waals surface area contributed by atoms with Gasteiger partial charge in [0.05, 0.1) is 11.8 Å². The van der Waals surface area contributed by atoms with Gasteiger partial charge in [0.1, 0.15) is 0 Å². The average Bonchev–Trinajstić information content (AvgIpc) is 2.75. The molecule has 0 aromatic heterocycles. The molecule has 0 bridgehead atoms. The van der Waals surface area contributed by atoms with E-state index in [2.05, 4.69) is 0 Å². The van der Waals surface area contributed by atoms with E-state index >= 15 is 0 Å². The summed E-state index contributed by atoms with van der Waals surface area (Å²) in [7, 11) is 0. The average molecular weight is 264 g/mol. The van der Waals surface area contributed by atoms with Gasteiger partial charge in [0, 0.05) is 0 Å². The van der Waals surface area contributed by atoms with E-state index in [4.69, 9.17) is 4.74 Å². The summed E-state index contributed by atoms with van der Waals surface area (Å²) in [5.74, 6) is 0.144. The van der Waals surface area contributed by atoms with Gasteiger partial charge in [-0.1, -0.05) is 38.5 Å². The molecule has 3 fully saturated rings. The van der Waals surface area contributed by atoms with Crippen LogP contribution in [0.1, 0.15) is 64.2 Å². The van der Waals surface area contributed by atoms with Crippen molar-refractivity contribution in [2.45, 2.75) is 64.2 Å². The molecular weight excluding hydrogens is 240 g/mol. The van der Waals surface area contributed by atoms with Crippen molar-refractivity contribution < 1.29 is 14.3 Å². The van der Waals surface area contributed by atoms with Crippen LogP contribution < -0.4 is 0 Å². The van der Waals surface area contributed by atoms with Crippen LogP contribution >= 0.6 is 0 Å². The molecule has 0 amide bonds. The SMILES string of the molecule is O=C1OC(=O)C(C2CCCCC2)C1C1CCCCC1. The number of esters is 2. The Morgan fingerprint density at radius 3 is 1.37 bits per heavy atom. The van der Waals surface area contributed by atoms with Crippen LogP contribution in [0.25, 0.3) is 0 Å². The molecule has 3 aliphatic rings. The van der Waals surface area contributed by atoms with Crippen LogP contribution in [0.15, 0.2) is 0 Å². The van der Waals surface area contributed by atoms with E-state index in [-0.39, 0.29) is 23.8 Å². The maximum Gasteiger partial charge on any atom is 0.317 e. The summed E-state index contributed by atoms with van der Waals surface area (Å²) in [6.07, 6.45) is 11.8. The highest BCUT2D eigenvalue weighted by Crippen LogP contribution is 2.45. The fraction of sp³-hybridized carbons (Fsp3) is 0.875. The van der Waals surface area contributed by atoms with E-state index in [1.807, 2.05) is 0 Å². The molecule has 2 aliphatic carbocycles. The third-order valence-electron chi connectivity index (χ3n) is 5.45. The fourth-order valence-corrected chi connectivity index (χ4v) is 4.49. The second kappa shape index (κ2) is 5.64. The molecule has 3 nitrogen and oxygen atoms in total. The fourth-order valence-electron chi connectivity index (χ4n) is 4.49. The number of carbonyl (C=O) groups is 2. The van der Waals surface area contributed by atoms with Gasteiger partial charge in [-0.05, 0) is 37.5 Å². The van der Waals surface area contributed by atoms with E-state index in [1.54, 1.807) is 0 Å². The van der Waals surface area contributed by atoms with E-state index < -0.39 is 0 Å². The lowest BCUT2D eigenvalue weighted by molar-refractivity contribution is -0.154. The molecule has 0 spiro atoms. The second-order valence-electron chi connectivity index (χ2n) is 6.59. The van der Waals surface area contributed by atoms with Crippen molar-refractivity contribution >= 4 is 11.9 Å².